The highest BCUT2D eigenvalue weighted by molar-refractivity contribution is 5.58. The minimum atomic E-state index is -1.11. The smallest absolute Gasteiger partial charge is 0.349 e. The maximum atomic E-state index is 14.2. The number of nitrogens with zero attached hydrogens (tertiary/aromatic N) is 2. The van der Waals surface area contributed by atoms with Crippen LogP contribution in [0.25, 0.3) is 0 Å². The molecule has 1 unspecified atom stereocenters. The maximum Gasteiger partial charge on any atom is 0.349 e. The molecule has 5 atom stereocenters. The van der Waals surface area contributed by atoms with Crippen molar-refractivity contribution in [3.8, 4) is 11.5 Å². The third kappa shape index (κ3) is 6.96. The first-order chi connectivity index (χ1) is 30.2. The Hall–Kier alpha value is -6.52. The Labute approximate surface area is 362 Å². The summed E-state index contributed by atoms with van der Waals surface area (Å²) in [7, 11) is 3.30. The summed E-state index contributed by atoms with van der Waals surface area (Å²) in [5.41, 5.74) is 1.38. The number of nitrogens with one attached hydrogen (secondary N) is 1. The van der Waals surface area contributed by atoms with Gasteiger partial charge in [0.15, 0.2) is 0 Å². The maximum absolute atomic E-state index is 14.2. The Kier molecular flexibility index (Phi) is 10.8. The second-order valence-corrected chi connectivity index (χ2v) is 16.6. The van der Waals surface area contributed by atoms with Gasteiger partial charge >= 0.3 is 5.69 Å². The summed E-state index contributed by atoms with van der Waals surface area (Å²) in [6, 6.07) is 57.9. The number of aromatic nitrogens is 2. The molecule has 2 fully saturated rings. The van der Waals surface area contributed by atoms with Gasteiger partial charge in [-0.1, -0.05) is 153 Å². The van der Waals surface area contributed by atoms with E-state index in [-0.39, 0.29) is 18.6 Å². The van der Waals surface area contributed by atoms with Crippen molar-refractivity contribution < 1.29 is 24.1 Å². The third-order valence-corrected chi connectivity index (χ3v) is 13.1. The zero-order valence-corrected chi connectivity index (χ0v) is 35.3. The van der Waals surface area contributed by atoms with Crippen LogP contribution in [0.3, 0.4) is 0 Å². The summed E-state index contributed by atoms with van der Waals surface area (Å²) in [5, 5.41) is 15.8. The number of hydrogen-bond donors (Lipinski definition) is 2. The average Bonchev–Trinajstić information content (AvgIpc) is 4.01. The number of benzene rings is 6. The van der Waals surface area contributed by atoms with Gasteiger partial charge in [-0.3, -0.25) is 4.57 Å². The van der Waals surface area contributed by atoms with E-state index in [4.69, 9.17) is 18.9 Å². The average molecular weight is 826 g/mol. The predicted molar refractivity (Wildman–Crippen MR) is 241 cm³/mol. The minimum Gasteiger partial charge on any atom is -0.497 e. The molecule has 9 heteroatoms. The quantitative estimate of drug-likeness (QED) is 0.105. The summed E-state index contributed by atoms with van der Waals surface area (Å²) >= 11 is 0. The van der Waals surface area contributed by atoms with E-state index in [9.17, 15) is 9.90 Å². The van der Waals surface area contributed by atoms with Crippen molar-refractivity contribution in [3.05, 3.63) is 226 Å². The van der Waals surface area contributed by atoms with Gasteiger partial charge < -0.3 is 29.4 Å². The van der Waals surface area contributed by atoms with Crippen molar-refractivity contribution in [1.29, 1.82) is 0 Å². The number of ether oxygens (including phenoxy) is 4. The molecule has 7 aromatic rings. The highest BCUT2D eigenvalue weighted by Gasteiger charge is 2.71. The van der Waals surface area contributed by atoms with Crippen LogP contribution in [0.5, 0.6) is 11.5 Å². The summed E-state index contributed by atoms with van der Waals surface area (Å²) in [6.45, 7) is 3.97. The molecule has 1 spiro atoms. The van der Waals surface area contributed by atoms with Gasteiger partial charge in [-0.15, -0.1) is 0 Å². The molecular weight excluding hydrogens is 775 g/mol. The van der Waals surface area contributed by atoms with Crippen LogP contribution in [-0.4, -0.2) is 52.8 Å². The Balaban J connectivity index is 1.03. The van der Waals surface area contributed by atoms with Gasteiger partial charge in [-0.2, -0.15) is 4.98 Å². The van der Waals surface area contributed by atoms with Crippen LogP contribution in [0.4, 0.5) is 5.82 Å². The lowest BCUT2D eigenvalue weighted by atomic mass is 9.77. The molecule has 1 saturated heterocycles. The Morgan fingerprint density at radius 1 is 0.677 bits per heavy atom. The van der Waals surface area contributed by atoms with Crippen molar-refractivity contribution in [3.63, 3.8) is 0 Å². The standard InChI is InChI=1S/C53H51N3O6/c1-37-48(57)50(2,36-61-53(41-21-13-7-14-22-41,42-23-15-8-16-24-42)43-27-31-45(60-4)32-28-43)62-51(37)35-46(51)56-34-33-47(54-49(56)58)55-52(38-17-9-5-10-18-38,39-19-11-6-12-20-39)40-25-29-44(59-3)30-26-40/h5-34,37,46,48,57H,35-36H2,1-4H3,(H,54,55,58)/t37-,46+,48-,50+,51?/m0/s1. The lowest BCUT2D eigenvalue weighted by Gasteiger charge is -2.39. The zero-order valence-electron chi connectivity index (χ0n) is 35.3. The summed E-state index contributed by atoms with van der Waals surface area (Å²) in [6.07, 6.45) is 1.44. The fourth-order valence-corrected chi connectivity index (χ4v) is 9.69. The fourth-order valence-electron chi connectivity index (χ4n) is 9.69. The van der Waals surface area contributed by atoms with Crippen LogP contribution in [0, 0.1) is 5.92 Å². The molecule has 2 heterocycles. The summed E-state index contributed by atoms with van der Waals surface area (Å²) < 4.78 is 26.9. The van der Waals surface area contributed by atoms with E-state index in [0.717, 1.165) is 44.9 Å². The van der Waals surface area contributed by atoms with E-state index in [2.05, 4.69) is 58.8 Å². The second-order valence-electron chi connectivity index (χ2n) is 16.6. The Morgan fingerprint density at radius 2 is 1.11 bits per heavy atom. The topological polar surface area (TPSA) is 104 Å². The molecule has 314 valence electrons. The predicted octanol–water partition coefficient (Wildman–Crippen LogP) is 9.14. The van der Waals surface area contributed by atoms with Gasteiger partial charge in [-0.05, 0) is 70.6 Å². The molecule has 1 aliphatic heterocycles. The zero-order chi connectivity index (χ0) is 43.0. The largest absolute Gasteiger partial charge is 0.497 e. The van der Waals surface area contributed by atoms with Gasteiger partial charge in [0.05, 0.1) is 38.6 Å². The van der Waals surface area contributed by atoms with Crippen LogP contribution in [0.15, 0.2) is 187 Å². The molecule has 0 amide bonds. The van der Waals surface area contributed by atoms with Gasteiger partial charge in [-0.25, -0.2) is 4.79 Å². The molecule has 62 heavy (non-hydrogen) atoms. The van der Waals surface area contributed by atoms with E-state index in [1.54, 1.807) is 25.0 Å². The molecule has 0 bridgehead atoms. The van der Waals surface area contributed by atoms with Crippen molar-refractivity contribution in [1.82, 2.24) is 9.55 Å². The van der Waals surface area contributed by atoms with Crippen molar-refractivity contribution in [2.45, 2.75) is 54.8 Å². The van der Waals surface area contributed by atoms with E-state index >= 15 is 0 Å². The van der Waals surface area contributed by atoms with Crippen molar-refractivity contribution in [2.24, 2.45) is 5.92 Å². The van der Waals surface area contributed by atoms with Crippen LogP contribution in [-0.2, 0) is 20.6 Å². The first-order valence-corrected chi connectivity index (χ1v) is 21.1. The lowest BCUT2D eigenvalue weighted by Crippen LogP contribution is -2.46. The molecule has 2 aliphatic rings. The molecule has 9 nitrogen and oxygen atoms in total. The SMILES string of the molecule is COc1ccc(C(Nc2ccn([C@@H]3CC34O[C@](C)(COC(c3ccccc3)(c3ccccc3)c3ccc(OC)cc3)[C@@H](O)[C@@H]4C)c(=O)n2)(c2ccccc2)c2ccccc2)cc1. The van der Waals surface area contributed by atoms with Gasteiger partial charge in [0, 0.05) is 18.5 Å². The normalized spacial score (nSPS) is 22.0. The molecule has 2 N–H and O–H groups in total. The number of aliphatic hydroxyl groups is 1. The molecule has 9 rings (SSSR count). The van der Waals surface area contributed by atoms with E-state index in [1.807, 2.05) is 141 Å². The van der Waals surface area contributed by atoms with Gasteiger partial charge in [0.2, 0.25) is 0 Å². The molecule has 1 aliphatic carbocycles. The highest BCUT2D eigenvalue weighted by atomic mass is 16.6. The van der Waals surface area contributed by atoms with Gasteiger partial charge in [0.25, 0.3) is 0 Å². The van der Waals surface area contributed by atoms with E-state index in [1.165, 1.54) is 0 Å². The minimum absolute atomic E-state index is 0.0607. The molecule has 1 aromatic heterocycles. The van der Waals surface area contributed by atoms with Crippen LogP contribution in [0.2, 0.25) is 0 Å². The lowest BCUT2D eigenvalue weighted by molar-refractivity contribution is -0.146. The molecular formula is C53H51N3O6. The van der Waals surface area contributed by atoms with Crippen LogP contribution in [0.1, 0.15) is 59.7 Å². The Bertz CT molecular complexity index is 2580. The number of aliphatic hydroxyl groups excluding tert-OH is 1. The molecule has 6 aromatic carbocycles. The van der Waals surface area contributed by atoms with E-state index in [0.29, 0.717) is 12.2 Å². The summed E-state index contributed by atoms with van der Waals surface area (Å²) in [4.78, 5) is 18.9. The van der Waals surface area contributed by atoms with Crippen LogP contribution < -0.4 is 20.5 Å². The monoisotopic (exact) mass is 825 g/mol. The number of hydrogen-bond acceptors (Lipinski definition) is 8. The Morgan fingerprint density at radius 3 is 1.58 bits per heavy atom. The third-order valence-electron chi connectivity index (χ3n) is 13.1. The molecule has 0 radical (unpaired) electrons. The highest BCUT2D eigenvalue weighted by Crippen LogP contribution is 2.63. The first-order valence-electron chi connectivity index (χ1n) is 21.1. The van der Waals surface area contributed by atoms with Gasteiger partial charge in [0.1, 0.15) is 34.1 Å². The fraction of sp³-hybridized carbons (Fsp3) is 0.245. The number of rotatable bonds is 14. The number of anilines is 1. The number of methoxy groups -OCH3 is 2. The van der Waals surface area contributed by atoms with Crippen molar-refractivity contribution in [2.75, 3.05) is 26.1 Å². The summed E-state index contributed by atoms with van der Waals surface area (Å²) in [5.74, 6) is 1.58. The van der Waals surface area contributed by atoms with E-state index < -0.39 is 34.1 Å². The molecule has 1 saturated carbocycles. The first kappa shape index (κ1) is 40.9. The second kappa shape index (κ2) is 16.4. The van der Waals surface area contributed by atoms with Crippen molar-refractivity contribution >= 4 is 5.82 Å². The van der Waals surface area contributed by atoms with Crippen LogP contribution >= 0.6 is 0 Å².